The molecule has 1 atom stereocenters. The van der Waals surface area contributed by atoms with Crippen LogP contribution in [0.1, 0.15) is 34.8 Å². The molecule has 9 heteroatoms. The lowest BCUT2D eigenvalue weighted by atomic mass is 9.85. The second-order valence-corrected chi connectivity index (χ2v) is 8.11. The first-order valence-electron chi connectivity index (χ1n) is 10.2. The van der Waals surface area contributed by atoms with E-state index in [-0.39, 0.29) is 16.9 Å². The summed E-state index contributed by atoms with van der Waals surface area (Å²) in [7, 11) is 1.60. The number of hydrogen-bond acceptors (Lipinski definition) is 7. The lowest BCUT2D eigenvalue weighted by Crippen LogP contribution is -2.35. The summed E-state index contributed by atoms with van der Waals surface area (Å²) >= 11 is 0. The summed E-state index contributed by atoms with van der Waals surface area (Å²) in [4.78, 5) is 36.2. The van der Waals surface area contributed by atoms with Gasteiger partial charge in [0.25, 0.3) is 11.5 Å². The maximum absolute atomic E-state index is 13.2. The predicted octanol–water partition coefficient (Wildman–Crippen LogP) is 1.60. The first kappa shape index (κ1) is 19.3. The second kappa shape index (κ2) is 7.26. The van der Waals surface area contributed by atoms with E-state index in [1.807, 2.05) is 6.92 Å². The molecule has 0 aliphatic carbocycles. The topological polar surface area (TPSA) is 103 Å². The maximum Gasteiger partial charge on any atom is 0.280 e. The van der Waals surface area contributed by atoms with Crippen molar-refractivity contribution in [3.63, 3.8) is 0 Å². The van der Waals surface area contributed by atoms with Crippen molar-refractivity contribution in [1.29, 1.82) is 0 Å². The molecule has 0 N–H and O–H groups in total. The predicted molar refractivity (Wildman–Crippen MR) is 112 cm³/mol. The molecule has 1 unspecified atom stereocenters. The van der Waals surface area contributed by atoms with Gasteiger partial charge in [0.15, 0.2) is 5.69 Å². The Bertz CT molecular complexity index is 1210. The van der Waals surface area contributed by atoms with Crippen LogP contribution in [-0.2, 0) is 12.0 Å². The number of methoxy groups -OCH3 is 1. The van der Waals surface area contributed by atoms with Crippen LogP contribution in [-0.4, -0.2) is 55.7 Å². The van der Waals surface area contributed by atoms with E-state index in [1.54, 1.807) is 47.0 Å². The Balaban J connectivity index is 1.43. The van der Waals surface area contributed by atoms with Crippen LogP contribution in [0.4, 0.5) is 0 Å². The smallest absolute Gasteiger partial charge is 0.280 e. The molecule has 1 spiro atoms. The zero-order valence-corrected chi connectivity index (χ0v) is 17.4. The number of amides is 1. The lowest BCUT2D eigenvalue weighted by Gasteiger charge is -2.22. The van der Waals surface area contributed by atoms with Crippen molar-refractivity contribution >= 4 is 5.91 Å². The minimum Gasteiger partial charge on any atom is -0.497 e. The largest absolute Gasteiger partial charge is 0.497 e. The van der Waals surface area contributed by atoms with Gasteiger partial charge < -0.3 is 9.64 Å². The summed E-state index contributed by atoms with van der Waals surface area (Å²) in [6.07, 6.45) is 4.60. The Morgan fingerprint density at radius 1 is 1.06 bits per heavy atom. The summed E-state index contributed by atoms with van der Waals surface area (Å²) in [5.74, 6) is 1.24. The van der Waals surface area contributed by atoms with Crippen LogP contribution in [0.5, 0.6) is 5.75 Å². The minimum absolute atomic E-state index is 0.145. The quantitative estimate of drug-likeness (QED) is 0.636. The number of rotatable bonds is 3. The summed E-state index contributed by atoms with van der Waals surface area (Å²) in [6.45, 7) is 3.49. The van der Waals surface area contributed by atoms with Gasteiger partial charge in [-0.1, -0.05) is 0 Å². The van der Waals surface area contributed by atoms with Gasteiger partial charge in [0.05, 0.1) is 24.4 Å². The first-order valence-corrected chi connectivity index (χ1v) is 10.2. The number of nitrogens with zero attached hydrogens (tertiary/aromatic N) is 6. The molecule has 2 aliphatic rings. The van der Waals surface area contributed by atoms with Gasteiger partial charge in [0, 0.05) is 31.4 Å². The molecule has 2 aliphatic heterocycles. The first-order chi connectivity index (χ1) is 15.0. The summed E-state index contributed by atoms with van der Waals surface area (Å²) < 4.78 is 6.89. The third-order valence-corrected chi connectivity index (χ3v) is 6.24. The summed E-state index contributed by atoms with van der Waals surface area (Å²) in [6, 6.07) is 7.20. The number of carbonyl (C=O) groups excluding carboxylic acids is 1. The number of likely N-dealkylation sites (tertiary alicyclic amines) is 1. The third-order valence-electron chi connectivity index (χ3n) is 6.24. The number of hydrogen-bond donors (Lipinski definition) is 0. The highest BCUT2D eigenvalue weighted by Gasteiger charge is 2.48. The van der Waals surface area contributed by atoms with Gasteiger partial charge >= 0.3 is 0 Å². The molecular weight excluding hydrogens is 396 g/mol. The van der Waals surface area contributed by atoms with Crippen LogP contribution < -0.4 is 10.3 Å². The van der Waals surface area contributed by atoms with Gasteiger partial charge in [-0.25, -0.2) is 4.98 Å². The second-order valence-electron chi connectivity index (χ2n) is 8.11. The monoisotopic (exact) mass is 418 g/mol. The Kier molecular flexibility index (Phi) is 4.53. The summed E-state index contributed by atoms with van der Waals surface area (Å²) in [5, 5.41) is 8.75. The van der Waals surface area contributed by atoms with Crippen LogP contribution in [0.15, 0.2) is 41.5 Å². The number of benzene rings is 1. The Labute approximate surface area is 178 Å². The SMILES string of the molecule is COc1ccc(-c2nnc3n(c2=O)CCC32CCN(C(=O)c3cnc(C)cn3)C2)cc1. The molecule has 1 saturated heterocycles. The lowest BCUT2D eigenvalue weighted by molar-refractivity contribution is 0.0776. The molecule has 1 aromatic carbocycles. The van der Waals surface area contributed by atoms with E-state index in [4.69, 9.17) is 4.74 Å². The highest BCUT2D eigenvalue weighted by molar-refractivity contribution is 5.92. The molecule has 158 valence electrons. The summed E-state index contributed by atoms with van der Waals surface area (Å²) in [5.41, 5.74) is 1.62. The van der Waals surface area contributed by atoms with Crippen molar-refractivity contribution in [2.45, 2.75) is 31.7 Å². The molecule has 1 amide bonds. The van der Waals surface area contributed by atoms with Crippen LogP contribution in [0.2, 0.25) is 0 Å². The standard InChI is InChI=1S/C22H22N6O3/c1-14-11-24-17(12-23-14)19(29)27-9-7-22(13-27)8-10-28-20(30)18(25-26-21(22)28)15-3-5-16(31-2)6-4-15/h3-6,11-12H,7-10,13H2,1-2H3. The van der Waals surface area contributed by atoms with Crippen molar-refractivity contribution in [3.05, 3.63) is 64.2 Å². The van der Waals surface area contributed by atoms with Gasteiger partial charge in [-0.2, -0.15) is 0 Å². The third kappa shape index (κ3) is 3.17. The van der Waals surface area contributed by atoms with E-state index in [1.165, 1.54) is 6.20 Å². The van der Waals surface area contributed by atoms with Crippen molar-refractivity contribution in [2.75, 3.05) is 20.2 Å². The van der Waals surface area contributed by atoms with Gasteiger partial charge in [0.2, 0.25) is 0 Å². The van der Waals surface area contributed by atoms with Gasteiger partial charge in [0.1, 0.15) is 17.3 Å². The van der Waals surface area contributed by atoms with Gasteiger partial charge in [-0.05, 0) is 44.0 Å². The number of aryl methyl sites for hydroxylation is 1. The molecule has 1 fully saturated rings. The number of ether oxygens (including phenoxy) is 1. The molecular formula is C22H22N6O3. The normalized spacial score (nSPS) is 19.6. The van der Waals surface area contributed by atoms with Crippen LogP contribution in [0, 0.1) is 6.92 Å². The average Bonchev–Trinajstić information content (AvgIpc) is 3.39. The van der Waals surface area contributed by atoms with Crippen molar-refractivity contribution < 1.29 is 9.53 Å². The van der Waals surface area contributed by atoms with Gasteiger partial charge in [-0.3, -0.25) is 19.1 Å². The average molecular weight is 418 g/mol. The van der Waals surface area contributed by atoms with E-state index in [9.17, 15) is 9.59 Å². The fourth-order valence-electron chi connectivity index (χ4n) is 4.48. The van der Waals surface area contributed by atoms with Crippen molar-refractivity contribution in [2.24, 2.45) is 0 Å². The Morgan fingerprint density at radius 2 is 1.84 bits per heavy atom. The molecule has 3 aromatic rings. The zero-order valence-electron chi connectivity index (χ0n) is 17.4. The fraction of sp³-hybridized carbons (Fsp3) is 0.364. The molecule has 0 bridgehead atoms. The number of aromatic nitrogens is 5. The van der Waals surface area contributed by atoms with E-state index in [0.29, 0.717) is 48.2 Å². The molecule has 5 rings (SSSR count). The number of carbonyl (C=O) groups is 1. The molecule has 9 nitrogen and oxygen atoms in total. The minimum atomic E-state index is -0.349. The van der Waals surface area contributed by atoms with Crippen LogP contribution in [0.25, 0.3) is 11.3 Å². The maximum atomic E-state index is 13.2. The Hall–Kier alpha value is -3.62. The highest BCUT2D eigenvalue weighted by atomic mass is 16.5. The fourth-order valence-corrected chi connectivity index (χ4v) is 4.48. The molecule has 4 heterocycles. The van der Waals surface area contributed by atoms with E-state index in [0.717, 1.165) is 18.5 Å². The van der Waals surface area contributed by atoms with Crippen LogP contribution in [0.3, 0.4) is 0 Å². The van der Waals surface area contributed by atoms with E-state index < -0.39 is 0 Å². The van der Waals surface area contributed by atoms with E-state index in [2.05, 4.69) is 20.2 Å². The molecule has 0 radical (unpaired) electrons. The van der Waals surface area contributed by atoms with Crippen molar-refractivity contribution in [3.8, 4) is 17.0 Å². The van der Waals surface area contributed by atoms with E-state index >= 15 is 0 Å². The highest BCUT2D eigenvalue weighted by Crippen LogP contribution is 2.41. The molecule has 0 saturated carbocycles. The molecule has 31 heavy (non-hydrogen) atoms. The molecule has 2 aromatic heterocycles. The van der Waals surface area contributed by atoms with Gasteiger partial charge in [-0.15, -0.1) is 10.2 Å². The number of fused-ring (bicyclic) bond motifs is 2. The van der Waals surface area contributed by atoms with Crippen molar-refractivity contribution in [1.82, 2.24) is 29.6 Å². The zero-order chi connectivity index (χ0) is 21.6. The van der Waals surface area contributed by atoms with Crippen LogP contribution >= 0.6 is 0 Å². The Morgan fingerprint density at radius 3 is 2.55 bits per heavy atom.